The normalized spacial score (nSPS) is 31.5. The molecule has 1 amide bonds. The van der Waals surface area contributed by atoms with Crippen LogP contribution in [-0.2, 0) is 16.1 Å². The van der Waals surface area contributed by atoms with E-state index in [1.54, 1.807) is 0 Å². The van der Waals surface area contributed by atoms with E-state index in [2.05, 4.69) is 28.9 Å². The van der Waals surface area contributed by atoms with Gasteiger partial charge in [0.1, 0.15) is 0 Å². The summed E-state index contributed by atoms with van der Waals surface area (Å²) in [6.45, 7) is 7.72. The first kappa shape index (κ1) is 15.6. The summed E-state index contributed by atoms with van der Waals surface area (Å²) in [7, 11) is 0. The third kappa shape index (κ3) is 3.19. The Balaban J connectivity index is 1.48. The molecule has 23 heavy (non-hydrogen) atoms. The van der Waals surface area contributed by atoms with Gasteiger partial charge in [0.05, 0.1) is 12.0 Å². The van der Waals surface area contributed by atoms with Crippen LogP contribution in [0.4, 0.5) is 0 Å². The number of thiophene rings is 1. The largest absolute Gasteiger partial charge is 0.377 e. The fraction of sp³-hybridized carbons (Fsp3) is 0.722. The Kier molecular flexibility index (Phi) is 4.43. The number of ether oxygens (including phenoxy) is 1. The van der Waals surface area contributed by atoms with Crippen molar-refractivity contribution >= 4 is 17.2 Å². The van der Waals surface area contributed by atoms with Crippen LogP contribution in [0.1, 0.15) is 29.0 Å². The van der Waals surface area contributed by atoms with Gasteiger partial charge in [-0.3, -0.25) is 9.69 Å². The van der Waals surface area contributed by atoms with Crippen LogP contribution in [0.2, 0.25) is 0 Å². The number of piperidine rings is 1. The highest BCUT2D eigenvalue weighted by Gasteiger charge is 2.45. The molecule has 4 nitrogen and oxygen atoms in total. The van der Waals surface area contributed by atoms with Crippen molar-refractivity contribution in [2.75, 3.05) is 32.8 Å². The first-order valence-electron chi connectivity index (χ1n) is 8.89. The molecule has 5 heteroatoms. The molecule has 0 spiro atoms. The zero-order chi connectivity index (χ0) is 15.8. The molecule has 3 saturated heterocycles. The summed E-state index contributed by atoms with van der Waals surface area (Å²) < 4.78 is 5.96. The van der Waals surface area contributed by atoms with Gasteiger partial charge in [-0.2, -0.15) is 0 Å². The van der Waals surface area contributed by atoms with Gasteiger partial charge in [0.15, 0.2) is 0 Å². The predicted molar refractivity (Wildman–Crippen MR) is 91.5 cm³/mol. The number of fused-ring (bicyclic) bond motifs is 1. The molecule has 0 N–H and O–H groups in total. The van der Waals surface area contributed by atoms with Gasteiger partial charge in [-0.15, -0.1) is 11.3 Å². The Bertz CT molecular complexity index is 567. The summed E-state index contributed by atoms with van der Waals surface area (Å²) in [5.74, 6) is 0.954. The van der Waals surface area contributed by atoms with Gasteiger partial charge >= 0.3 is 0 Å². The summed E-state index contributed by atoms with van der Waals surface area (Å²) >= 11 is 1.86. The molecule has 0 radical (unpaired) electrons. The van der Waals surface area contributed by atoms with Gasteiger partial charge < -0.3 is 9.64 Å². The van der Waals surface area contributed by atoms with E-state index in [0.717, 1.165) is 45.8 Å². The number of amides is 1. The minimum absolute atomic E-state index is 0.135. The highest BCUT2D eigenvalue weighted by Crippen LogP contribution is 2.36. The molecule has 3 aliphatic rings. The molecule has 1 aromatic rings. The van der Waals surface area contributed by atoms with E-state index in [0.29, 0.717) is 11.8 Å². The van der Waals surface area contributed by atoms with Gasteiger partial charge in [-0.05, 0) is 38.3 Å². The molecule has 4 rings (SSSR count). The topological polar surface area (TPSA) is 32.8 Å². The second kappa shape index (κ2) is 6.54. The number of rotatable bonds is 3. The van der Waals surface area contributed by atoms with Crippen molar-refractivity contribution in [2.24, 2.45) is 11.8 Å². The SMILES string of the molecule is Cc1ccc(CN2C[C@@H]3OCC[C@@H]3[C@@H](C(=O)N3CCCC3)C2)s1. The number of aryl methyl sites for hydroxylation is 1. The van der Waals surface area contributed by atoms with E-state index in [1.165, 1.54) is 22.6 Å². The second-order valence-electron chi connectivity index (χ2n) is 7.21. The average Bonchev–Trinajstić information content (AvgIpc) is 3.26. The first-order valence-corrected chi connectivity index (χ1v) is 9.70. The van der Waals surface area contributed by atoms with E-state index in [-0.39, 0.29) is 12.0 Å². The third-order valence-electron chi connectivity index (χ3n) is 5.58. The summed E-state index contributed by atoms with van der Waals surface area (Å²) in [6, 6.07) is 4.41. The smallest absolute Gasteiger partial charge is 0.227 e. The molecule has 0 unspecified atom stereocenters. The van der Waals surface area contributed by atoms with Crippen LogP contribution < -0.4 is 0 Å². The van der Waals surface area contributed by atoms with Gasteiger partial charge in [0.2, 0.25) is 5.91 Å². The van der Waals surface area contributed by atoms with Crippen molar-refractivity contribution in [1.82, 2.24) is 9.80 Å². The van der Waals surface area contributed by atoms with Crippen molar-refractivity contribution in [3.05, 3.63) is 21.9 Å². The Morgan fingerprint density at radius 3 is 2.87 bits per heavy atom. The first-order chi connectivity index (χ1) is 11.2. The standard InChI is InChI=1S/C18H26N2O2S/c1-13-4-5-14(23-13)10-19-11-16(15-6-9-22-17(15)12-19)18(21)20-7-2-3-8-20/h4-5,15-17H,2-3,6-12H2,1H3/t15-,16+,17+/m1/s1. The fourth-order valence-electron chi connectivity index (χ4n) is 4.41. The number of hydrogen-bond donors (Lipinski definition) is 0. The third-order valence-corrected chi connectivity index (χ3v) is 6.57. The molecular formula is C18H26N2O2S. The highest BCUT2D eigenvalue weighted by molar-refractivity contribution is 7.11. The summed E-state index contributed by atoms with van der Waals surface area (Å²) in [6.07, 6.45) is 3.64. The lowest BCUT2D eigenvalue weighted by Gasteiger charge is -2.40. The van der Waals surface area contributed by atoms with Crippen molar-refractivity contribution in [1.29, 1.82) is 0 Å². The van der Waals surface area contributed by atoms with Crippen molar-refractivity contribution in [3.8, 4) is 0 Å². The van der Waals surface area contributed by atoms with Crippen molar-refractivity contribution < 1.29 is 9.53 Å². The van der Waals surface area contributed by atoms with Crippen molar-refractivity contribution in [2.45, 2.75) is 38.8 Å². The lowest BCUT2D eigenvalue weighted by Crippen LogP contribution is -2.52. The molecule has 0 bridgehead atoms. The average molecular weight is 334 g/mol. The molecule has 1 aromatic heterocycles. The molecule has 0 aromatic carbocycles. The minimum Gasteiger partial charge on any atom is -0.377 e. The number of nitrogens with zero attached hydrogens (tertiary/aromatic N) is 2. The number of carbonyl (C=O) groups excluding carboxylic acids is 1. The van der Waals surface area contributed by atoms with Gasteiger partial charge in [-0.1, -0.05) is 0 Å². The molecule has 3 atom stereocenters. The molecule has 126 valence electrons. The van der Waals surface area contributed by atoms with Crippen LogP contribution in [0.3, 0.4) is 0 Å². The Hall–Kier alpha value is -0.910. The summed E-state index contributed by atoms with van der Waals surface area (Å²) in [4.78, 5) is 20.3. The Morgan fingerprint density at radius 1 is 1.30 bits per heavy atom. The molecule has 0 aliphatic carbocycles. The van der Waals surface area contributed by atoms with Crippen LogP contribution in [0.15, 0.2) is 12.1 Å². The van der Waals surface area contributed by atoms with Gasteiger partial charge in [0.25, 0.3) is 0 Å². The number of carbonyl (C=O) groups is 1. The monoisotopic (exact) mass is 334 g/mol. The molecular weight excluding hydrogens is 308 g/mol. The molecule has 4 heterocycles. The Labute approximate surface area is 142 Å². The van der Waals surface area contributed by atoms with Crippen LogP contribution in [-0.4, -0.2) is 54.6 Å². The zero-order valence-corrected chi connectivity index (χ0v) is 14.7. The maximum absolute atomic E-state index is 13.0. The van der Waals surface area contributed by atoms with Crippen molar-refractivity contribution in [3.63, 3.8) is 0 Å². The van der Waals surface area contributed by atoms with E-state index in [1.807, 2.05) is 11.3 Å². The van der Waals surface area contributed by atoms with E-state index in [9.17, 15) is 4.79 Å². The van der Waals surface area contributed by atoms with E-state index < -0.39 is 0 Å². The van der Waals surface area contributed by atoms with E-state index in [4.69, 9.17) is 4.74 Å². The van der Waals surface area contributed by atoms with Crippen LogP contribution in [0.5, 0.6) is 0 Å². The molecule has 3 fully saturated rings. The number of hydrogen-bond acceptors (Lipinski definition) is 4. The summed E-state index contributed by atoms with van der Waals surface area (Å²) in [5.41, 5.74) is 0. The minimum atomic E-state index is 0.135. The maximum Gasteiger partial charge on any atom is 0.227 e. The quantitative estimate of drug-likeness (QED) is 0.851. The molecule has 3 aliphatic heterocycles. The Morgan fingerprint density at radius 2 is 2.13 bits per heavy atom. The maximum atomic E-state index is 13.0. The van der Waals surface area contributed by atoms with E-state index >= 15 is 0 Å². The molecule has 0 saturated carbocycles. The fourth-order valence-corrected chi connectivity index (χ4v) is 5.34. The zero-order valence-electron chi connectivity index (χ0n) is 13.9. The van der Waals surface area contributed by atoms with Gasteiger partial charge in [0, 0.05) is 55.0 Å². The summed E-state index contributed by atoms with van der Waals surface area (Å²) in [5, 5.41) is 0. The van der Waals surface area contributed by atoms with Gasteiger partial charge in [-0.25, -0.2) is 0 Å². The lowest BCUT2D eigenvalue weighted by molar-refractivity contribution is -0.140. The van der Waals surface area contributed by atoms with Crippen LogP contribution >= 0.6 is 11.3 Å². The second-order valence-corrected chi connectivity index (χ2v) is 8.58. The number of likely N-dealkylation sites (tertiary alicyclic amines) is 2. The lowest BCUT2D eigenvalue weighted by atomic mass is 9.82. The van der Waals surface area contributed by atoms with Crippen LogP contribution in [0.25, 0.3) is 0 Å². The van der Waals surface area contributed by atoms with Crippen LogP contribution in [0, 0.1) is 18.8 Å². The predicted octanol–water partition coefficient (Wildman–Crippen LogP) is 2.52. The highest BCUT2D eigenvalue weighted by atomic mass is 32.1.